The number of pyridine rings is 2. The SMILES string of the molecule is Cc1ncc(Nc2nc(N[C@H](c3ccc(F)cc3)[C@H](C)NC(=O)OC(C)(C)C)c(F)cc2C#N)cc1-n1nccn1. The van der Waals surface area contributed by atoms with E-state index >= 15 is 4.39 Å². The van der Waals surface area contributed by atoms with Crippen LogP contribution >= 0.6 is 0 Å². The zero-order valence-electron chi connectivity index (χ0n) is 23.1. The summed E-state index contributed by atoms with van der Waals surface area (Å²) in [4.78, 5) is 22.6. The molecule has 0 saturated heterocycles. The summed E-state index contributed by atoms with van der Waals surface area (Å²) < 4.78 is 34.3. The normalized spacial score (nSPS) is 12.6. The molecule has 1 aromatic carbocycles. The first-order chi connectivity index (χ1) is 19.4. The molecule has 11 nitrogen and oxygen atoms in total. The van der Waals surface area contributed by atoms with E-state index in [0.29, 0.717) is 22.6 Å². The largest absolute Gasteiger partial charge is 0.444 e. The van der Waals surface area contributed by atoms with E-state index in [9.17, 15) is 14.4 Å². The minimum Gasteiger partial charge on any atom is -0.444 e. The first kappa shape index (κ1) is 28.9. The second kappa shape index (κ2) is 12.0. The zero-order valence-corrected chi connectivity index (χ0v) is 23.1. The number of benzene rings is 1. The van der Waals surface area contributed by atoms with E-state index < -0.39 is 35.4 Å². The molecule has 0 aliphatic heterocycles. The highest BCUT2D eigenvalue weighted by Crippen LogP contribution is 2.29. The lowest BCUT2D eigenvalue weighted by Crippen LogP contribution is -2.42. The molecule has 0 unspecified atom stereocenters. The maximum atomic E-state index is 15.2. The van der Waals surface area contributed by atoms with Crippen LogP contribution in [-0.4, -0.2) is 42.7 Å². The number of amides is 1. The number of nitriles is 1. The Balaban J connectivity index is 1.66. The van der Waals surface area contributed by atoms with Crippen molar-refractivity contribution in [1.82, 2.24) is 30.3 Å². The highest BCUT2D eigenvalue weighted by molar-refractivity contribution is 5.69. The van der Waals surface area contributed by atoms with Gasteiger partial charge in [-0.05, 0) is 64.4 Å². The van der Waals surface area contributed by atoms with E-state index in [0.717, 1.165) is 6.07 Å². The van der Waals surface area contributed by atoms with Crippen LogP contribution in [0.2, 0.25) is 0 Å². The second-order valence-electron chi connectivity index (χ2n) is 10.2. The lowest BCUT2D eigenvalue weighted by Gasteiger charge is -2.29. The molecule has 0 spiro atoms. The number of nitrogens with one attached hydrogen (secondary N) is 3. The van der Waals surface area contributed by atoms with Crippen molar-refractivity contribution in [2.24, 2.45) is 0 Å². The fourth-order valence-electron chi connectivity index (χ4n) is 3.93. The molecule has 13 heteroatoms. The zero-order chi connectivity index (χ0) is 29.7. The van der Waals surface area contributed by atoms with Crippen molar-refractivity contribution < 1.29 is 18.3 Å². The Bertz CT molecular complexity index is 1560. The maximum absolute atomic E-state index is 15.2. The number of nitrogens with zero attached hydrogens (tertiary/aromatic N) is 6. The molecule has 0 bridgehead atoms. The van der Waals surface area contributed by atoms with E-state index in [4.69, 9.17) is 4.74 Å². The monoisotopic (exact) mass is 561 g/mol. The lowest BCUT2D eigenvalue weighted by molar-refractivity contribution is 0.0503. The molecule has 2 atom stereocenters. The second-order valence-corrected chi connectivity index (χ2v) is 10.2. The van der Waals surface area contributed by atoms with Crippen LogP contribution in [0.15, 0.2) is 55.0 Å². The van der Waals surface area contributed by atoms with Gasteiger partial charge in [-0.25, -0.2) is 18.6 Å². The van der Waals surface area contributed by atoms with Crippen molar-refractivity contribution in [1.29, 1.82) is 5.26 Å². The summed E-state index contributed by atoms with van der Waals surface area (Å²) in [6.07, 6.45) is 3.92. The molecule has 41 heavy (non-hydrogen) atoms. The Morgan fingerprint density at radius 3 is 2.41 bits per heavy atom. The average Bonchev–Trinajstić information content (AvgIpc) is 3.44. The van der Waals surface area contributed by atoms with Crippen LogP contribution < -0.4 is 16.0 Å². The fourth-order valence-corrected chi connectivity index (χ4v) is 3.93. The van der Waals surface area contributed by atoms with Crippen LogP contribution in [0.4, 0.5) is 30.9 Å². The summed E-state index contributed by atoms with van der Waals surface area (Å²) in [5, 5.41) is 26.7. The van der Waals surface area contributed by atoms with Gasteiger partial charge in [0.05, 0.1) is 47.6 Å². The number of carbonyl (C=O) groups is 1. The molecule has 1 amide bonds. The summed E-state index contributed by atoms with van der Waals surface area (Å²) in [7, 11) is 0. The summed E-state index contributed by atoms with van der Waals surface area (Å²) in [5.41, 5.74) is 1.48. The van der Waals surface area contributed by atoms with Gasteiger partial charge in [-0.2, -0.15) is 15.5 Å². The van der Waals surface area contributed by atoms with Gasteiger partial charge in [0, 0.05) is 0 Å². The number of ether oxygens (including phenoxy) is 1. The molecule has 0 fully saturated rings. The quantitative estimate of drug-likeness (QED) is 0.260. The van der Waals surface area contributed by atoms with Crippen LogP contribution in [0.1, 0.15) is 50.6 Å². The third-order valence-electron chi connectivity index (χ3n) is 5.82. The first-order valence-corrected chi connectivity index (χ1v) is 12.7. The van der Waals surface area contributed by atoms with Crippen molar-refractivity contribution >= 4 is 23.4 Å². The summed E-state index contributed by atoms with van der Waals surface area (Å²) in [6.45, 7) is 8.68. The van der Waals surface area contributed by atoms with Crippen molar-refractivity contribution in [2.75, 3.05) is 10.6 Å². The Morgan fingerprint density at radius 1 is 1.10 bits per heavy atom. The van der Waals surface area contributed by atoms with Crippen LogP contribution in [0.25, 0.3) is 5.69 Å². The number of rotatable bonds is 8. The topological polar surface area (TPSA) is 143 Å². The van der Waals surface area contributed by atoms with E-state index in [1.54, 1.807) is 40.7 Å². The molecule has 212 valence electrons. The molecule has 0 radical (unpaired) electrons. The third kappa shape index (κ3) is 7.30. The minimum absolute atomic E-state index is 0.0503. The van der Waals surface area contributed by atoms with Gasteiger partial charge in [0.1, 0.15) is 23.2 Å². The Hall–Kier alpha value is -5.12. The van der Waals surface area contributed by atoms with Crippen molar-refractivity contribution in [3.63, 3.8) is 0 Å². The predicted octanol–water partition coefficient (Wildman–Crippen LogP) is 5.33. The molecular weight excluding hydrogens is 532 g/mol. The molecule has 3 heterocycles. The van der Waals surface area contributed by atoms with Crippen LogP contribution in [0.3, 0.4) is 0 Å². The summed E-state index contributed by atoms with van der Waals surface area (Å²) in [5.74, 6) is -1.39. The number of alkyl carbamates (subject to hydrolysis) is 1. The van der Waals surface area contributed by atoms with E-state index in [-0.39, 0.29) is 17.2 Å². The van der Waals surface area contributed by atoms with Gasteiger partial charge in [-0.3, -0.25) is 4.98 Å². The molecule has 3 N–H and O–H groups in total. The number of aryl methyl sites for hydroxylation is 1. The predicted molar refractivity (Wildman–Crippen MR) is 148 cm³/mol. The number of carbonyl (C=O) groups excluding carboxylic acids is 1. The molecule has 4 aromatic rings. The van der Waals surface area contributed by atoms with Gasteiger partial charge in [0.15, 0.2) is 17.5 Å². The molecular formula is C28H29F2N9O2. The number of halogens is 2. The van der Waals surface area contributed by atoms with Crippen molar-refractivity contribution in [3.05, 3.63) is 83.4 Å². The molecule has 4 rings (SSSR count). The van der Waals surface area contributed by atoms with Gasteiger partial charge in [0.25, 0.3) is 0 Å². The van der Waals surface area contributed by atoms with Crippen LogP contribution in [0, 0.1) is 29.9 Å². The van der Waals surface area contributed by atoms with Crippen molar-refractivity contribution in [3.8, 4) is 11.8 Å². The summed E-state index contributed by atoms with van der Waals surface area (Å²) in [6, 6.07) is 8.84. The highest BCUT2D eigenvalue weighted by Gasteiger charge is 2.26. The van der Waals surface area contributed by atoms with Crippen LogP contribution in [0.5, 0.6) is 0 Å². The maximum Gasteiger partial charge on any atom is 0.407 e. The van der Waals surface area contributed by atoms with E-state index in [1.807, 2.05) is 6.07 Å². The van der Waals surface area contributed by atoms with Crippen LogP contribution in [-0.2, 0) is 4.74 Å². The minimum atomic E-state index is -0.799. The Morgan fingerprint density at radius 2 is 1.78 bits per heavy atom. The third-order valence-corrected chi connectivity index (χ3v) is 5.82. The lowest BCUT2D eigenvalue weighted by atomic mass is 10.00. The van der Waals surface area contributed by atoms with E-state index in [2.05, 4.69) is 36.1 Å². The molecule has 0 saturated carbocycles. The summed E-state index contributed by atoms with van der Waals surface area (Å²) >= 11 is 0. The standard InChI is InChI=1S/C28H29F2N9O2/c1-16-23(39-33-10-11-34-39)13-21(15-32-16)36-25-19(14-31)12-22(30)26(38-25)37-24(18-6-8-20(29)9-7-18)17(2)35-27(40)41-28(3,4)5/h6-13,15,17,24H,1-5H3,(H,35,40)(H2,36,37,38)/t17-,24-/m0/s1. The number of hydrogen-bond donors (Lipinski definition) is 3. The number of hydrogen-bond acceptors (Lipinski definition) is 9. The number of aromatic nitrogens is 5. The van der Waals surface area contributed by atoms with Gasteiger partial charge in [-0.15, -0.1) is 4.80 Å². The number of anilines is 3. The fraction of sp³-hybridized carbons (Fsp3) is 0.286. The van der Waals surface area contributed by atoms with Gasteiger partial charge >= 0.3 is 6.09 Å². The van der Waals surface area contributed by atoms with Gasteiger partial charge in [-0.1, -0.05) is 12.1 Å². The van der Waals surface area contributed by atoms with Crippen molar-refractivity contribution in [2.45, 2.75) is 52.3 Å². The molecule has 0 aliphatic rings. The molecule has 3 aromatic heterocycles. The first-order valence-electron chi connectivity index (χ1n) is 12.7. The Kier molecular flexibility index (Phi) is 8.42. The average molecular weight is 562 g/mol. The molecule has 0 aliphatic carbocycles. The highest BCUT2D eigenvalue weighted by atomic mass is 19.1. The van der Waals surface area contributed by atoms with E-state index in [1.165, 1.54) is 47.7 Å². The van der Waals surface area contributed by atoms with Gasteiger partial charge in [0.2, 0.25) is 0 Å². The Labute approximate surface area is 235 Å². The smallest absolute Gasteiger partial charge is 0.407 e. The van der Waals surface area contributed by atoms with Gasteiger partial charge < -0.3 is 20.7 Å².